The molecule has 4 aromatic carbocycles. The maximum absolute atomic E-state index is 2.60. The maximum atomic E-state index is 2.60. The third-order valence-electron chi connectivity index (χ3n) is 8.10. The van der Waals surface area contributed by atoms with Crippen LogP contribution in [0, 0.1) is 0 Å². The quantitative estimate of drug-likeness (QED) is 0.296. The first-order chi connectivity index (χ1) is 16.4. The molecule has 4 aromatic rings. The molecule has 0 amide bonds. The smallest absolute Gasteiger partial charge is 1.00 e. The Balaban J connectivity index is 0.00000127. The molecule has 1 heterocycles. The van der Waals surface area contributed by atoms with Crippen LogP contribution in [0.4, 0.5) is 0 Å². The molecular weight excluding hydrogens is 634 g/mol. The number of allylic oxidation sites excluding steroid dienone is 2. The number of rotatable bonds is 4. The Hall–Kier alpha value is -2.19. The molecule has 0 N–H and O–H groups in total. The molecule has 2 unspecified atom stereocenters. The van der Waals surface area contributed by atoms with Gasteiger partial charge in [0.05, 0.1) is 0 Å². The molecular formula is C32H26Cl2Hf. The van der Waals surface area contributed by atoms with Crippen LogP contribution in [0.25, 0.3) is 34.4 Å². The summed E-state index contributed by atoms with van der Waals surface area (Å²) in [5.41, 5.74) is 11.6. The third-order valence-corrected chi connectivity index (χ3v) is 26.6. The molecule has 35 heavy (non-hydrogen) atoms. The van der Waals surface area contributed by atoms with Gasteiger partial charge in [-0.3, -0.25) is 0 Å². The Kier molecular flexibility index (Phi) is 6.79. The van der Waals surface area contributed by atoms with E-state index in [1.54, 1.807) is 11.1 Å². The van der Waals surface area contributed by atoms with Gasteiger partial charge in [0, 0.05) is 0 Å². The predicted octanol–water partition coefficient (Wildman–Crippen LogP) is 2.87. The SMILES string of the molecule is C1=C[CH]([Hf+2]2([CH]3C=Cc4c(-c5ccccc5)cccc43)[CH2][CH2]2)c2cccc(-c3ccccc3)c21.[Cl-].[Cl-]. The van der Waals surface area contributed by atoms with Gasteiger partial charge in [-0.2, -0.15) is 0 Å². The van der Waals surface area contributed by atoms with Crippen LogP contribution in [0.2, 0.25) is 8.35 Å². The van der Waals surface area contributed by atoms with E-state index in [-0.39, 0.29) is 24.8 Å². The molecule has 172 valence electrons. The van der Waals surface area contributed by atoms with Gasteiger partial charge in [-0.05, 0) is 0 Å². The maximum Gasteiger partial charge on any atom is -1.00 e. The molecule has 3 aliphatic rings. The Labute approximate surface area is 224 Å². The zero-order valence-electron chi connectivity index (χ0n) is 19.4. The van der Waals surface area contributed by atoms with E-state index in [2.05, 4.69) is 121 Å². The summed E-state index contributed by atoms with van der Waals surface area (Å²) in [6.45, 7) is 0. The van der Waals surface area contributed by atoms with Crippen molar-refractivity contribution in [3.63, 3.8) is 0 Å². The van der Waals surface area contributed by atoms with Crippen LogP contribution >= 0.6 is 0 Å². The first kappa shape index (κ1) is 24.5. The number of hydrogen-bond acceptors (Lipinski definition) is 0. The van der Waals surface area contributed by atoms with Crippen LogP contribution in [-0.4, -0.2) is 0 Å². The predicted molar refractivity (Wildman–Crippen MR) is 137 cm³/mol. The van der Waals surface area contributed by atoms with E-state index in [9.17, 15) is 0 Å². The Bertz CT molecular complexity index is 1310. The zero-order valence-corrected chi connectivity index (χ0v) is 24.5. The molecule has 7 rings (SSSR count). The van der Waals surface area contributed by atoms with Crippen LogP contribution in [0.1, 0.15) is 29.6 Å². The second-order valence-electron chi connectivity index (χ2n) is 9.76. The van der Waals surface area contributed by atoms with Crippen molar-refractivity contribution in [1.29, 1.82) is 0 Å². The molecule has 0 bridgehead atoms. The molecule has 3 heteroatoms. The van der Waals surface area contributed by atoms with E-state index >= 15 is 0 Å². The van der Waals surface area contributed by atoms with Gasteiger partial charge < -0.3 is 24.8 Å². The van der Waals surface area contributed by atoms with Gasteiger partial charge in [-0.1, -0.05) is 0 Å². The molecule has 1 aliphatic heterocycles. The summed E-state index contributed by atoms with van der Waals surface area (Å²) in [5, 5.41) is 0. The summed E-state index contributed by atoms with van der Waals surface area (Å²) in [5.74, 6) is 0. The van der Waals surface area contributed by atoms with E-state index in [1.165, 1.54) is 41.7 Å². The summed E-state index contributed by atoms with van der Waals surface area (Å²) in [6, 6.07) is 35.8. The van der Waals surface area contributed by atoms with Gasteiger partial charge >= 0.3 is 202 Å². The molecule has 2 atom stereocenters. The van der Waals surface area contributed by atoms with Crippen LogP contribution in [0.15, 0.2) is 109 Å². The molecule has 0 aromatic heterocycles. The number of halogens is 2. The minimum absolute atomic E-state index is 0. The van der Waals surface area contributed by atoms with Crippen molar-refractivity contribution in [2.75, 3.05) is 0 Å². The van der Waals surface area contributed by atoms with E-state index in [4.69, 9.17) is 0 Å². The van der Waals surface area contributed by atoms with Crippen molar-refractivity contribution in [3.05, 3.63) is 131 Å². The summed E-state index contributed by atoms with van der Waals surface area (Å²) >= 11 is -2.60. The largest absolute Gasteiger partial charge is 1.00 e. The van der Waals surface area contributed by atoms with Crippen molar-refractivity contribution < 1.29 is 44.8 Å². The summed E-state index contributed by atoms with van der Waals surface area (Å²) in [7, 11) is 0. The Morgan fingerprint density at radius 3 is 1.31 bits per heavy atom. The van der Waals surface area contributed by atoms with Gasteiger partial charge in [0.25, 0.3) is 0 Å². The van der Waals surface area contributed by atoms with Gasteiger partial charge in [-0.25, -0.2) is 0 Å². The fraction of sp³-hybridized carbons (Fsp3) is 0.125. The van der Waals surface area contributed by atoms with Crippen molar-refractivity contribution in [3.8, 4) is 22.3 Å². The Morgan fingerprint density at radius 1 is 0.486 bits per heavy atom. The first-order valence-electron chi connectivity index (χ1n) is 12.1. The molecule has 1 saturated heterocycles. The third kappa shape index (κ3) is 3.93. The normalized spacial score (nSPS) is 19.0. The second kappa shape index (κ2) is 9.69. The van der Waals surface area contributed by atoms with Gasteiger partial charge in [-0.15, -0.1) is 0 Å². The molecule has 0 saturated carbocycles. The van der Waals surface area contributed by atoms with Crippen molar-refractivity contribution in [1.82, 2.24) is 0 Å². The summed E-state index contributed by atoms with van der Waals surface area (Å²) in [6.07, 6.45) is 10.1. The standard InChI is InChI=1S/2C15H11.C2H4.2ClH.Hf/c2*1-2-6-12(7-3-1)14-10-4-8-13-9-5-11-15(13)14;1-2;;;/h2*1-11H;1-2H2;2*1H;/q;;;;;+2/p-2. The molecule has 2 aliphatic carbocycles. The Morgan fingerprint density at radius 2 is 0.914 bits per heavy atom. The van der Waals surface area contributed by atoms with Gasteiger partial charge in [0.2, 0.25) is 0 Å². The van der Waals surface area contributed by atoms with E-state index < -0.39 is 20.0 Å². The number of fused-ring (bicyclic) bond motifs is 2. The zero-order chi connectivity index (χ0) is 21.8. The molecule has 0 spiro atoms. The van der Waals surface area contributed by atoms with E-state index in [1.807, 2.05) is 0 Å². The average molecular weight is 660 g/mol. The van der Waals surface area contributed by atoms with Crippen molar-refractivity contribution >= 4 is 12.2 Å². The van der Waals surface area contributed by atoms with E-state index in [0.717, 1.165) is 0 Å². The first-order valence-corrected chi connectivity index (χ1v) is 21.3. The fourth-order valence-electron chi connectivity index (χ4n) is 6.37. The van der Waals surface area contributed by atoms with Crippen LogP contribution in [0.5, 0.6) is 0 Å². The van der Waals surface area contributed by atoms with Crippen LogP contribution in [0.3, 0.4) is 0 Å². The fourth-order valence-corrected chi connectivity index (χ4v) is 31.5. The average Bonchev–Trinajstić information content (AvgIpc) is 3.35. The summed E-state index contributed by atoms with van der Waals surface area (Å²) < 4.78 is 4.44. The van der Waals surface area contributed by atoms with Gasteiger partial charge in [0.15, 0.2) is 0 Å². The number of hydrogen-bond donors (Lipinski definition) is 0. The summed E-state index contributed by atoms with van der Waals surface area (Å²) in [4.78, 5) is 0. The van der Waals surface area contributed by atoms with Crippen LogP contribution < -0.4 is 24.8 Å². The minimum Gasteiger partial charge on any atom is -1.00 e. The molecule has 1 fully saturated rings. The topological polar surface area (TPSA) is 0 Å². The van der Waals surface area contributed by atoms with Crippen molar-refractivity contribution in [2.45, 2.75) is 15.7 Å². The molecule has 0 radical (unpaired) electrons. The van der Waals surface area contributed by atoms with Crippen LogP contribution in [-0.2, 0) is 20.0 Å². The minimum atomic E-state index is -2.60. The monoisotopic (exact) mass is 660 g/mol. The van der Waals surface area contributed by atoms with E-state index in [0.29, 0.717) is 7.35 Å². The number of benzene rings is 4. The van der Waals surface area contributed by atoms with Crippen molar-refractivity contribution in [2.24, 2.45) is 0 Å². The molecule has 0 nitrogen and oxygen atoms in total. The van der Waals surface area contributed by atoms with Gasteiger partial charge in [0.1, 0.15) is 0 Å². The second-order valence-corrected chi connectivity index (χ2v) is 26.7.